The van der Waals surface area contributed by atoms with Crippen molar-refractivity contribution in [2.45, 2.75) is 32.9 Å². The zero-order valence-electron chi connectivity index (χ0n) is 12.2. The van der Waals surface area contributed by atoms with Gasteiger partial charge in [-0.25, -0.2) is 0 Å². The Balaban J connectivity index is 2.28. The third kappa shape index (κ3) is 3.36. The molecule has 0 radical (unpaired) electrons. The molecule has 20 heavy (non-hydrogen) atoms. The van der Waals surface area contributed by atoms with Crippen LogP contribution in [0.3, 0.4) is 0 Å². The van der Waals surface area contributed by atoms with Crippen molar-refractivity contribution in [3.63, 3.8) is 0 Å². The second kappa shape index (κ2) is 7.06. The number of aromatic nitrogens is 1. The van der Waals surface area contributed by atoms with Gasteiger partial charge in [-0.15, -0.1) is 0 Å². The average Bonchev–Trinajstić information content (AvgIpc) is 2.53. The molecule has 2 aromatic rings. The molecule has 1 atom stereocenters. The van der Waals surface area contributed by atoms with E-state index < -0.39 is 6.10 Å². The van der Waals surface area contributed by atoms with Crippen LogP contribution < -0.4 is 4.90 Å². The lowest BCUT2D eigenvalue weighted by Crippen LogP contribution is -2.24. The molecular formula is C17H22N2O. The summed E-state index contributed by atoms with van der Waals surface area (Å²) in [6.07, 6.45) is 2.12. The molecule has 0 aliphatic heterocycles. The molecule has 0 aliphatic carbocycles. The number of anilines is 1. The van der Waals surface area contributed by atoms with Crippen LogP contribution in [0.25, 0.3) is 0 Å². The number of nitrogens with zero attached hydrogens (tertiary/aromatic N) is 2. The molecular weight excluding hydrogens is 248 g/mol. The van der Waals surface area contributed by atoms with Gasteiger partial charge in [0.25, 0.3) is 0 Å². The highest BCUT2D eigenvalue weighted by Gasteiger charge is 2.15. The van der Waals surface area contributed by atoms with E-state index in [1.807, 2.05) is 49.5 Å². The van der Waals surface area contributed by atoms with Gasteiger partial charge in [-0.1, -0.05) is 31.2 Å². The normalized spacial score (nSPS) is 12.2. The molecule has 0 bridgehead atoms. The summed E-state index contributed by atoms with van der Waals surface area (Å²) in [6.45, 7) is 5.75. The van der Waals surface area contributed by atoms with E-state index in [0.717, 1.165) is 36.5 Å². The highest BCUT2D eigenvalue weighted by Crippen LogP contribution is 2.28. The van der Waals surface area contributed by atoms with Crippen LogP contribution in [0.1, 0.15) is 37.6 Å². The minimum Gasteiger partial charge on any atom is -0.388 e. The summed E-state index contributed by atoms with van der Waals surface area (Å²) in [5.41, 5.74) is 3.12. The third-order valence-corrected chi connectivity index (χ3v) is 3.48. The first-order valence-corrected chi connectivity index (χ1v) is 7.18. The topological polar surface area (TPSA) is 36.4 Å². The Hall–Kier alpha value is -1.87. The molecule has 1 aromatic carbocycles. The van der Waals surface area contributed by atoms with Crippen molar-refractivity contribution in [2.75, 3.05) is 11.4 Å². The maximum absolute atomic E-state index is 10.2. The highest BCUT2D eigenvalue weighted by atomic mass is 16.3. The van der Waals surface area contributed by atoms with Crippen molar-refractivity contribution < 1.29 is 5.11 Å². The lowest BCUT2D eigenvalue weighted by atomic mass is 10.0. The largest absolute Gasteiger partial charge is 0.388 e. The van der Waals surface area contributed by atoms with Gasteiger partial charge in [0.2, 0.25) is 0 Å². The van der Waals surface area contributed by atoms with E-state index >= 15 is 0 Å². The maximum Gasteiger partial charge on any atom is 0.0807 e. The molecule has 0 spiro atoms. The summed E-state index contributed by atoms with van der Waals surface area (Å²) in [4.78, 5) is 6.63. The van der Waals surface area contributed by atoms with Gasteiger partial charge in [-0.3, -0.25) is 4.98 Å². The Kier molecular flexibility index (Phi) is 5.13. The molecule has 3 heteroatoms. The monoisotopic (exact) mass is 270 g/mol. The first-order valence-electron chi connectivity index (χ1n) is 7.18. The standard InChI is InChI=1S/C17H22N2O/c1-3-17(20)15-10-5-6-11-16(15)19(4-2)13-14-9-7-8-12-18-14/h5-12,17,20H,3-4,13H2,1-2H3/t17-/m1/s1. The van der Waals surface area contributed by atoms with Crippen molar-refractivity contribution in [3.8, 4) is 0 Å². The number of aliphatic hydroxyl groups excluding tert-OH is 1. The lowest BCUT2D eigenvalue weighted by molar-refractivity contribution is 0.174. The van der Waals surface area contributed by atoms with Crippen molar-refractivity contribution in [1.82, 2.24) is 4.98 Å². The van der Waals surface area contributed by atoms with Crippen LogP contribution >= 0.6 is 0 Å². The second-order valence-electron chi connectivity index (χ2n) is 4.82. The maximum atomic E-state index is 10.2. The molecule has 1 aromatic heterocycles. The minimum atomic E-state index is -0.413. The number of pyridine rings is 1. The minimum absolute atomic E-state index is 0.413. The fourth-order valence-corrected chi connectivity index (χ4v) is 2.33. The average molecular weight is 270 g/mol. The fourth-order valence-electron chi connectivity index (χ4n) is 2.33. The van der Waals surface area contributed by atoms with E-state index in [2.05, 4.69) is 22.9 Å². The summed E-state index contributed by atoms with van der Waals surface area (Å²) in [7, 11) is 0. The molecule has 0 aliphatic rings. The van der Waals surface area contributed by atoms with Gasteiger partial charge in [0.1, 0.15) is 0 Å². The van der Waals surface area contributed by atoms with Crippen LogP contribution in [-0.2, 0) is 6.54 Å². The number of para-hydroxylation sites is 1. The zero-order chi connectivity index (χ0) is 14.4. The van der Waals surface area contributed by atoms with E-state index in [4.69, 9.17) is 0 Å². The molecule has 106 valence electrons. The molecule has 1 heterocycles. The molecule has 0 saturated carbocycles. The molecule has 3 nitrogen and oxygen atoms in total. The molecule has 0 amide bonds. The van der Waals surface area contributed by atoms with Crippen LogP contribution in [0.5, 0.6) is 0 Å². The van der Waals surface area contributed by atoms with Crippen molar-refractivity contribution in [2.24, 2.45) is 0 Å². The summed E-state index contributed by atoms with van der Waals surface area (Å²) < 4.78 is 0. The molecule has 0 saturated heterocycles. The van der Waals surface area contributed by atoms with E-state index in [1.165, 1.54) is 0 Å². The SMILES string of the molecule is CC[C@@H](O)c1ccccc1N(CC)Cc1ccccn1. The fraction of sp³-hybridized carbons (Fsp3) is 0.353. The van der Waals surface area contributed by atoms with E-state index in [1.54, 1.807) is 0 Å². The van der Waals surface area contributed by atoms with Gasteiger partial charge in [-0.05, 0) is 31.5 Å². The number of rotatable bonds is 6. The smallest absolute Gasteiger partial charge is 0.0807 e. The van der Waals surface area contributed by atoms with Gasteiger partial charge in [0.15, 0.2) is 0 Å². The zero-order valence-corrected chi connectivity index (χ0v) is 12.2. The predicted molar refractivity (Wildman–Crippen MR) is 82.7 cm³/mol. The molecule has 0 unspecified atom stereocenters. The Morgan fingerprint density at radius 3 is 2.50 bits per heavy atom. The number of hydrogen-bond donors (Lipinski definition) is 1. The summed E-state index contributed by atoms with van der Waals surface area (Å²) in [5, 5.41) is 10.2. The van der Waals surface area contributed by atoms with Crippen LogP contribution in [-0.4, -0.2) is 16.6 Å². The first-order chi connectivity index (χ1) is 9.76. The molecule has 1 N–H and O–H groups in total. The number of benzene rings is 1. The number of aliphatic hydroxyl groups is 1. The van der Waals surface area contributed by atoms with Crippen molar-refractivity contribution in [3.05, 3.63) is 59.9 Å². The summed E-state index contributed by atoms with van der Waals surface area (Å²) in [5.74, 6) is 0. The van der Waals surface area contributed by atoms with Gasteiger partial charge in [-0.2, -0.15) is 0 Å². The lowest BCUT2D eigenvalue weighted by Gasteiger charge is -2.27. The van der Waals surface area contributed by atoms with Crippen LogP contribution in [0.15, 0.2) is 48.7 Å². The Morgan fingerprint density at radius 1 is 1.10 bits per heavy atom. The molecule has 0 fully saturated rings. The van der Waals surface area contributed by atoms with Crippen LogP contribution in [0.2, 0.25) is 0 Å². The van der Waals surface area contributed by atoms with Crippen LogP contribution in [0.4, 0.5) is 5.69 Å². The summed E-state index contributed by atoms with van der Waals surface area (Å²) >= 11 is 0. The van der Waals surface area contributed by atoms with E-state index in [-0.39, 0.29) is 0 Å². The quantitative estimate of drug-likeness (QED) is 0.872. The third-order valence-electron chi connectivity index (χ3n) is 3.48. The predicted octanol–water partition coefficient (Wildman–Crippen LogP) is 3.55. The van der Waals surface area contributed by atoms with E-state index in [9.17, 15) is 5.11 Å². The van der Waals surface area contributed by atoms with Crippen molar-refractivity contribution in [1.29, 1.82) is 0 Å². The Bertz CT molecular complexity index is 528. The Labute approximate surface area is 120 Å². The highest BCUT2D eigenvalue weighted by molar-refractivity contribution is 5.54. The summed E-state index contributed by atoms with van der Waals surface area (Å²) in [6, 6.07) is 14.0. The van der Waals surface area contributed by atoms with Gasteiger partial charge < -0.3 is 10.0 Å². The molecule has 2 rings (SSSR count). The van der Waals surface area contributed by atoms with Gasteiger partial charge in [0.05, 0.1) is 18.3 Å². The Morgan fingerprint density at radius 2 is 1.85 bits per heavy atom. The van der Waals surface area contributed by atoms with Gasteiger partial charge >= 0.3 is 0 Å². The van der Waals surface area contributed by atoms with Crippen LogP contribution in [0, 0.1) is 0 Å². The first kappa shape index (κ1) is 14.5. The van der Waals surface area contributed by atoms with Gasteiger partial charge in [0, 0.05) is 24.0 Å². The van der Waals surface area contributed by atoms with Crippen molar-refractivity contribution >= 4 is 5.69 Å². The van der Waals surface area contributed by atoms with E-state index in [0.29, 0.717) is 0 Å². The second-order valence-corrected chi connectivity index (χ2v) is 4.82. The number of hydrogen-bond acceptors (Lipinski definition) is 3.